The molecule has 0 aliphatic rings. The Morgan fingerprint density at radius 1 is 1.33 bits per heavy atom. The minimum Gasteiger partial charge on any atom is -0.355 e. The molecule has 0 aromatic carbocycles. The topological polar surface area (TPSA) is 46.1 Å². The van der Waals surface area contributed by atoms with Crippen molar-refractivity contribution in [1.29, 1.82) is 0 Å². The zero-order valence-corrected chi connectivity index (χ0v) is 10.5. The number of anilines is 1. The van der Waals surface area contributed by atoms with Crippen molar-refractivity contribution in [3.05, 3.63) is 54.0 Å². The first kappa shape index (κ1) is 12.2. The first-order chi connectivity index (χ1) is 8.66. The summed E-state index contributed by atoms with van der Waals surface area (Å²) in [5, 5.41) is 0. The number of aromatic nitrogens is 2. The maximum Gasteiger partial charge on any atom is 0.159 e. The minimum absolute atomic E-state index is 0.0495. The Kier molecular flexibility index (Phi) is 3.67. The minimum atomic E-state index is 0.0495. The molecule has 4 heteroatoms. The van der Waals surface area contributed by atoms with E-state index >= 15 is 0 Å². The molecule has 4 nitrogen and oxygen atoms in total. The predicted octanol–water partition coefficient (Wildman–Crippen LogP) is 2.32. The van der Waals surface area contributed by atoms with Crippen LogP contribution in [0, 0.1) is 0 Å². The van der Waals surface area contributed by atoms with E-state index in [0.717, 1.165) is 11.4 Å². The largest absolute Gasteiger partial charge is 0.355 e. The molecule has 0 spiro atoms. The highest BCUT2D eigenvalue weighted by atomic mass is 16.1. The van der Waals surface area contributed by atoms with Gasteiger partial charge in [0.15, 0.2) is 5.78 Å². The fourth-order valence-electron chi connectivity index (χ4n) is 1.69. The predicted molar refractivity (Wildman–Crippen MR) is 70.6 cm³/mol. The molecular weight excluding hydrogens is 226 g/mol. The van der Waals surface area contributed by atoms with E-state index in [4.69, 9.17) is 0 Å². The number of carbonyl (C=O) groups excluding carboxylic acids is 1. The summed E-state index contributed by atoms with van der Waals surface area (Å²) in [6.07, 6.45) is 5.23. The summed E-state index contributed by atoms with van der Waals surface area (Å²) in [6.45, 7) is 2.27. The van der Waals surface area contributed by atoms with Crippen LogP contribution in [-0.4, -0.2) is 22.8 Å². The van der Waals surface area contributed by atoms with Crippen molar-refractivity contribution in [1.82, 2.24) is 9.97 Å². The van der Waals surface area contributed by atoms with Crippen molar-refractivity contribution in [3.63, 3.8) is 0 Å². The fourth-order valence-corrected chi connectivity index (χ4v) is 1.69. The molecule has 2 aromatic heterocycles. The number of ketones is 1. The van der Waals surface area contributed by atoms with Gasteiger partial charge < -0.3 is 4.90 Å². The summed E-state index contributed by atoms with van der Waals surface area (Å²) in [4.78, 5) is 21.7. The van der Waals surface area contributed by atoms with Crippen molar-refractivity contribution in [2.45, 2.75) is 13.5 Å². The zero-order chi connectivity index (χ0) is 13.0. The molecule has 0 radical (unpaired) electrons. The van der Waals surface area contributed by atoms with Gasteiger partial charge in [0.25, 0.3) is 0 Å². The summed E-state index contributed by atoms with van der Waals surface area (Å²) in [6, 6.07) is 7.45. The highest BCUT2D eigenvalue weighted by molar-refractivity contribution is 5.94. The zero-order valence-electron chi connectivity index (χ0n) is 10.5. The number of Topliss-reactive ketones (excluding diaryl/α,β-unsaturated/α-hetero) is 1. The van der Waals surface area contributed by atoms with Gasteiger partial charge in [-0.25, -0.2) is 4.98 Å². The highest BCUT2D eigenvalue weighted by Gasteiger charge is 2.06. The number of carbonyl (C=O) groups is 1. The fraction of sp³-hybridized carbons (Fsp3) is 0.214. The van der Waals surface area contributed by atoms with Crippen LogP contribution in [0.4, 0.5) is 5.82 Å². The molecule has 2 heterocycles. The molecule has 0 amide bonds. The summed E-state index contributed by atoms with van der Waals surface area (Å²) in [7, 11) is 1.94. The number of rotatable bonds is 4. The summed E-state index contributed by atoms with van der Waals surface area (Å²) in [5.41, 5.74) is 1.79. The molecule has 0 bridgehead atoms. The van der Waals surface area contributed by atoms with Gasteiger partial charge in [-0.1, -0.05) is 6.07 Å². The highest BCUT2D eigenvalue weighted by Crippen LogP contribution is 2.14. The quantitative estimate of drug-likeness (QED) is 0.771. The van der Waals surface area contributed by atoms with E-state index in [0.29, 0.717) is 12.1 Å². The Morgan fingerprint density at radius 3 is 2.83 bits per heavy atom. The van der Waals surface area contributed by atoms with Crippen LogP contribution in [0.2, 0.25) is 0 Å². The van der Waals surface area contributed by atoms with Gasteiger partial charge in [0.2, 0.25) is 0 Å². The monoisotopic (exact) mass is 241 g/mol. The smallest absolute Gasteiger partial charge is 0.159 e. The van der Waals surface area contributed by atoms with Gasteiger partial charge in [0.05, 0.1) is 0 Å². The average molecular weight is 241 g/mol. The van der Waals surface area contributed by atoms with E-state index < -0.39 is 0 Å². The molecule has 2 rings (SSSR count). The average Bonchev–Trinajstić information content (AvgIpc) is 2.40. The number of hydrogen-bond acceptors (Lipinski definition) is 4. The molecule has 0 N–H and O–H groups in total. The first-order valence-electron chi connectivity index (χ1n) is 5.74. The molecule has 0 aliphatic carbocycles. The summed E-state index contributed by atoms with van der Waals surface area (Å²) >= 11 is 0. The molecule has 92 valence electrons. The SMILES string of the molecule is CC(=O)c1ccnc(N(C)Cc2cccnc2)c1. The summed E-state index contributed by atoms with van der Waals surface area (Å²) in [5.74, 6) is 0.833. The van der Waals surface area contributed by atoms with Crippen LogP contribution in [-0.2, 0) is 6.54 Å². The lowest BCUT2D eigenvalue weighted by Gasteiger charge is -2.18. The summed E-state index contributed by atoms with van der Waals surface area (Å²) < 4.78 is 0. The van der Waals surface area contributed by atoms with E-state index in [1.165, 1.54) is 0 Å². The van der Waals surface area contributed by atoms with Crippen molar-refractivity contribution in [2.24, 2.45) is 0 Å². The van der Waals surface area contributed by atoms with Crippen LogP contribution >= 0.6 is 0 Å². The van der Waals surface area contributed by atoms with Crippen molar-refractivity contribution in [2.75, 3.05) is 11.9 Å². The molecule has 18 heavy (non-hydrogen) atoms. The third-order valence-electron chi connectivity index (χ3n) is 2.69. The van der Waals surface area contributed by atoms with Crippen molar-refractivity contribution < 1.29 is 4.79 Å². The van der Waals surface area contributed by atoms with E-state index in [9.17, 15) is 4.79 Å². The van der Waals surface area contributed by atoms with Crippen LogP contribution in [0.3, 0.4) is 0 Å². The maximum atomic E-state index is 11.3. The lowest BCUT2D eigenvalue weighted by atomic mass is 10.2. The number of pyridine rings is 2. The Morgan fingerprint density at radius 2 is 2.17 bits per heavy atom. The molecule has 0 fully saturated rings. The third kappa shape index (κ3) is 2.91. The Labute approximate surface area is 106 Å². The van der Waals surface area contributed by atoms with Crippen LogP contribution in [0.25, 0.3) is 0 Å². The van der Waals surface area contributed by atoms with Crippen LogP contribution in [0.1, 0.15) is 22.8 Å². The molecular formula is C14H15N3O. The molecule has 2 aromatic rings. The van der Waals surface area contributed by atoms with E-state index in [1.54, 1.807) is 31.5 Å². The molecule has 0 unspecified atom stereocenters. The van der Waals surface area contributed by atoms with E-state index in [2.05, 4.69) is 9.97 Å². The third-order valence-corrected chi connectivity index (χ3v) is 2.69. The number of nitrogens with zero attached hydrogens (tertiary/aromatic N) is 3. The maximum absolute atomic E-state index is 11.3. The lowest BCUT2D eigenvalue weighted by Crippen LogP contribution is -2.18. The lowest BCUT2D eigenvalue weighted by molar-refractivity contribution is 0.101. The van der Waals surface area contributed by atoms with Gasteiger partial charge in [-0.3, -0.25) is 9.78 Å². The van der Waals surface area contributed by atoms with Crippen molar-refractivity contribution >= 4 is 11.6 Å². The van der Waals surface area contributed by atoms with Gasteiger partial charge in [0, 0.05) is 37.7 Å². The first-order valence-corrected chi connectivity index (χ1v) is 5.74. The second-order valence-corrected chi connectivity index (χ2v) is 4.18. The van der Waals surface area contributed by atoms with Gasteiger partial charge in [-0.2, -0.15) is 0 Å². The van der Waals surface area contributed by atoms with Gasteiger partial charge in [0.1, 0.15) is 5.82 Å². The second kappa shape index (κ2) is 5.40. The Balaban J connectivity index is 2.16. The van der Waals surface area contributed by atoms with Crippen LogP contribution < -0.4 is 4.90 Å². The van der Waals surface area contributed by atoms with Crippen LogP contribution in [0.15, 0.2) is 42.9 Å². The Bertz CT molecular complexity index is 540. The van der Waals surface area contributed by atoms with Gasteiger partial charge >= 0.3 is 0 Å². The van der Waals surface area contributed by atoms with E-state index in [1.807, 2.05) is 30.3 Å². The van der Waals surface area contributed by atoms with E-state index in [-0.39, 0.29) is 5.78 Å². The van der Waals surface area contributed by atoms with Gasteiger partial charge in [-0.15, -0.1) is 0 Å². The standard InChI is InChI=1S/C14H15N3O/c1-11(18)13-5-7-16-14(8-13)17(2)10-12-4-3-6-15-9-12/h3-9H,10H2,1-2H3. The molecule has 0 aliphatic heterocycles. The normalized spacial score (nSPS) is 10.1. The van der Waals surface area contributed by atoms with Crippen molar-refractivity contribution in [3.8, 4) is 0 Å². The van der Waals surface area contributed by atoms with Crippen LogP contribution in [0.5, 0.6) is 0 Å². The molecule has 0 atom stereocenters. The molecule has 0 saturated carbocycles. The Hall–Kier alpha value is -2.23. The van der Waals surface area contributed by atoms with Gasteiger partial charge in [-0.05, 0) is 30.7 Å². The number of hydrogen-bond donors (Lipinski definition) is 0. The molecule has 0 saturated heterocycles. The second-order valence-electron chi connectivity index (χ2n) is 4.18.